The highest BCUT2D eigenvalue weighted by Crippen LogP contribution is 2.21. The molecular formula is C14H19Cl2NO. The fourth-order valence-corrected chi connectivity index (χ4v) is 2.13. The van der Waals surface area contributed by atoms with Gasteiger partial charge in [0.15, 0.2) is 5.78 Å². The molecule has 1 aromatic rings. The first-order valence-corrected chi connectivity index (χ1v) is 7.04. The number of unbranched alkanes of at least 4 members (excludes halogenated alkanes) is 1. The Bertz CT molecular complexity index is 407. The average Bonchev–Trinajstić information content (AvgIpc) is 2.37. The summed E-state index contributed by atoms with van der Waals surface area (Å²) in [5.41, 5.74) is 0.513. The van der Waals surface area contributed by atoms with Crippen LogP contribution in [0.1, 0.15) is 37.0 Å². The first kappa shape index (κ1) is 15.5. The number of nitrogens with zero attached hydrogens (tertiary/aromatic N) is 1. The molecule has 4 heteroatoms. The van der Waals surface area contributed by atoms with E-state index >= 15 is 0 Å². The highest BCUT2D eigenvalue weighted by atomic mass is 35.5. The molecule has 0 aliphatic rings. The molecule has 0 aliphatic carbocycles. The van der Waals surface area contributed by atoms with Crippen LogP contribution in [0.15, 0.2) is 18.2 Å². The average molecular weight is 288 g/mol. The van der Waals surface area contributed by atoms with Crippen LogP contribution in [0.2, 0.25) is 10.0 Å². The van der Waals surface area contributed by atoms with Crippen LogP contribution in [0.5, 0.6) is 0 Å². The number of carbonyl (C=O) groups is 1. The number of carbonyl (C=O) groups excluding carboxylic acids is 1. The van der Waals surface area contributed by atoms with Crippen molar-refractivity contribution in [3.05, 3.63) is 33.8 Å². The molecule has 0 spiro atoms. The van der Waals surface area contributed by atoms with E-state index in [-0.39, 0.29) is 5.78 Å². The Morgan fingerprint density at radius 1 is 1.28 bits per heavy atom. The monoisotopic (exact) mass is 287 g/mol. The highest BCUT2D eigenvalue weighted by Gasteiger charge is 2.14. The third-order valence-electron chi connectivity index (χ3n) is 2.87. The molecule has 0 fully saturated rings. The summed E-state index contributed by atoms with van der Waals surface area (Å²) in [6, 6.07) is 4.99. The number of rotatable bonds is 7. The number of halogens is 2. The third-order valence-corrected chi connectivity index (χ3v) is 3.44. The van der Waals surface area contributed by atoms with Crippen LogP contribution in [0.3, 0.4) is 0 Å². The zero-order chi connectivity index (χ0) is 13.5. The Morgan fingerprint density at radius 3 is 2.61 bits per heavy atom. The van der Waals surface area contributed by atoms with Crippen LogP contribution in [-0.4, -0.2) is 30.3 Å². The SMILES string of the molecule is CCCCN(CC)CC(=O)c1cc(Cl)ccc1Cl. The summed E-state index contributed by atoms with van der Waals surface area (Å²) in [7, 11) is 0. The highest BCUT2D eigenvalue weighted by molar-refractivity contribution is 6.36. The van der Waals surface area contributed by atoms with Crippen molar-refractivity contribution in [3.63, 3.8) is 0 Å². The van der Waals surface area contributed by atoms with Gasteiger partial charge >= 0.3 is 0 Å². The van der Waals surface area contributed by atoms with Crippen molar-refractivity contribution in [2.45, 2.75) is 26.7 Å². The lowest BCUT2D eigenvalue weighted by Gasteiger charge is -2.19. The maximum Gasteiger partial charge on any atom is 0.178 e. The summed E-state index contributed by atoms with van der Waals surface area (Å²) in [6.45, 7) is 6.41. The van der Waals surface area contributed by atoms with Crippen LogP contribution >= 0.6 is 23.2 Å². The first-order valence-electron chi connectivity index (χ1n) is 6.29. The van der Waals surface area contributed by atoms with Crippen molar-refractivity contribution < 1.29 is 4.79 Å². The standard InChI is InChI=1S/C14H19Cl2NO/c1-3-5-8-17(4-2)10-14(18)12-9-11(15)6-7-13(12)16/h6-7,9H,3-5,8,10H2,1-2H3. The van der Waals surface area contributed by atoms with Crippen molar-refractivity contribution in [1.29, 1.82) is 0 Å². The molecule has 0 unspecified atom stereocenters. The number of hydrogen-bond donors (Lipinski definition) is 0. The first-order chi connectivity index (χ1) is 8.58. The summed E-state index contributed by atoms with van der Waals surface area (Å²) in [4.78, 5) is 14.3. The minimum atomic E-state index is 0.0282. The van der Waals surface area contributed by atoms with Gasteiger partial charge in [-0.2, -0.15) is 0 Å². The van der Waals surface area contributed by atoms with E-state index in [2.05, 4.69) is 18.7 Å². The van der Waals surface area contributed by atoms with Crippen LogP contribution in [-0.2, 0) is 0 Å². The lowest BCUT2D eigenvalue weighted by Crippen LogP contribution is -2.30. The molecule has 0 saturated carbocycles. The molecule has 0 saturated heterocycles. The lowest BCUT2D eigenvalue weighted by molar-refractivity contribution is 0.0933. The maximum absolute atomic E-state index is 12.2. The van der Waals surface area contributed by atoms with E-state index < -0.39 is 0 Å². The minimum absolute atomic E-state index is 0.0282. The van der Waals surface area contributed by atoms with Gasteiger partial charge in [0.2, 0.25) is 0 Å². The Hall–Kier alpha value is -0.570. The van der Waals surface area contributed by atoms with Crippen molar-refractivity contribution >= 4 is 29.0 Å². The topological polar surface area (TPSA) is 20.3 Å². The van der Waals surface area contributed by atoms with Crippen LogP contribution < -0.4 is 0 Å². The van der Waals surface area contributed by atoms with Gasteiger partial charge in [-0.25, -0.2) is 0 Å². The summed E-state index contributed by atoms with van der Waals surface area (Å²) >= 11 is 11.9. The van der Waals surface area contributed by atoms with E-state index in [9.17, 15) is 4.79 Å². The largest absolute Gasteiger partial charge is 0.296 e. The van der Waals surface area contributed by atoms with Crippen LogP contribution in [0.25, 0.3) is 0 Å². The van der Waals surface area contributed by atoms with Gasteiger partial charge in [0.25, 0.3) is 0 Å². The van der Waals surface area contributed by atoms with Crippen LogP contribution in [0.4, 0.5) is 0 Å². The predicted octanol–water partition coefficient (Wildman–Crippen LogP) is 4.30. The fourth-order valence-electron chi connectivity index (χ4n) is 1.73. The lowest BCUT2D eigenvalue weighted by atomic mass is 10.1. The van der Waals surface area contributed by atoms with E-state index in [1.807, 2.05) is 0 Å². The summed E-state index contributed by atoms with van der Waals surface area (Å²) < 4.78 is 0. The fraction of sp³-hybridized carbons (Fsp3) is 0.500. The van der Waals surface area contributed by atoms with Crippen LogP contribution in [0, 0.1) is 0 Å². The van der Waals surface area contributed by atoms with E-state index in [1.165, 1.54) is 0 Å². The molecule has 1 aromatic carbocycles. The smallest absolute Gasteiger partial charge is 0.178 e. The molecule has 0 bridgehead atoms. The molecule has 18 heavy (non-hydrogen) atoms. The number of hydrogen-bond acceptors (Lipinski definition) is 2. The van der Waals surface area contributed by atoms with Gasteiger partial charge < -0.3 is 0 Å². The van der Waals surface area contributed by atoms with E-state index in [0.29, 0.717) is 22.2 Å². The van der Waals surface area contributed by atoms with Crippen molar-refractivity contribution in [2.75, 3.05) is 19.6 Å². The second kappa shape index (κ2) is 7.78. The molecule has 1 rings (SSSR count). The van der Waals surface area contributed by atoms with Gasteiger partial charge in [-0.1, -0.05) is 43.5 Å². The van der Waals surface area contributed by atoms with Gasteiger partial charge in [0.05, 0.1) is 11.6 Å². The quantitative estimate of drug-likeness (QED) is 0.697. The van der Waals surface area contributed by atoms with Gasteiger partial charge in [0, 0.05) is 10.6 Å². The maximum atomic E-state index is 12.2. The normalized spacial score (nSPS) is 10.9. The molecule has 0 amide bonds. The molecule has 0 aliphatic heterocycles. The van der Waals surface area contributed by atoms with E-state index in [0.717, 1.165) is 25.9 Å². The molecule has 100 valence electrons. The predicted molar refractivity (Wildman–Crippen MR) is 77.8 cm³/mol. The van der Waals surface area contributed by atoms with Crippen molar-refractivity contribution in [3.8, 4) is 0 Å². The molecule has 0 heterocycles. The zero-order valence-electron chi connectivity index (χ0n) is 10.9. The molecule has 0 atom stereocenters. The van der Waals surface area contributed by atoms with Gasteiger partial charge in [0.1, 0.15) is 0 Å². The molecular weight excluding hydrogens is 269 g/mol. The number of Topliss-reactive ketones (excluding diaryl/α,β-unsaturated/α-hetero) is 1. The van der Waals surface area contributed by atoms with Gasteiger partial charge in [-0.15, -0.1) is 0 Å². The van der Waals surface area contributed by atoms with Gasteiger partial charge in [-0.3, -0.25) is 9.69 Å². The number of ketones is 1. The molecule has 0 aromatic heterocycles. The van der Waals surface area contributed by atoms with E-state index in [1.54, 1.807) is 18.2 Å². The summed E-state index contributed by atoms with van der Waals surface area (Å²) in [5, 5.41) is 1.01. The number of likely N-dealkylation sites (N-methyl/N-ethyl adjacent to an activating group) is 1. The summed E-state index contributed by atoms with van der Waals surface area (Å²) in [5.74, 6) is 0.0282. The Morgan fingerprint density at radius 2 is 2.00 bits per heavy atom. The van der Waals surface area contributed by atoms with Gasteiger partial charge in [-0.05, 0) is 37.7 Å². The Balaban J connectivity index is 2.71. The minimum Gasteiger partial charge on any atom is -0.296 e. The third kappa shape index (κ3) is 4.60. The zero-order valence-corrected chi connectivity index (χ0v) is 12.4. The Labute approximate surface area is 119 Å². The second-order valence-electron chi connectivity index (χ2n) is 4.27. The van der Waals surface area contributed by atoms with E-state index in [4.69, 9.17) is 23.2 Å². The molecule has 0 N–H and O–H groups in total. The van der Waals surface area contributed by atoms with Crippen molar-refractivity contribution in [1.82, 2.24) is 4.90 Å². The second-order valence-corrected chi connectivity index (χ2v) is 5.11. The Kier molecular flexibility index (Phi) is 6.69. The number of benzene rings is 1. The summed E-state index contributed by atoms with van der Waals surface area (Å²) in [6.07, 6.45) is 2.23. The molecule has 0 radical (unpaired) electrons. The molecule has 2 nitrogen and oxygen atoms in total. The van der Waals surface area contributed by atoms with Crippen molar-refractivity contribution in [2.24, 2.45) is 0 Å².